The molecule has 0 radical (unpaired) electrons. The van der Waals surface area contributed by atoms with Crippen LogP contribution in [-0.2, 0) is 16.2 Å². The predicted octanol–water partition coefficient (Wildman–Crippen LogP) is 5.59. The molecule has 0 saturated heterocycles. The van der Waals surface area contributed by atoms with Gasteiger partial charge >= 0.3 is 5.97 Å². The van der Waals surface area contributed by atoms with Crippen LogP contribution in [0, 0.1) is 6.92 Å². The lowest BCUT2D eigenvalue weighted by atomic mass is 9.93. The van der Waals surface area contributed by atoms with Crippen molar-refractivity contribution in [2.24, 2.45) is 0 Å². The van der Waals surface area contributed by atoms with Crippen molar-refractivity contribution in [2.75, 3.05) is 12.0 Å². The van der Waals surface area contributed by atoms with E-state index in [2.05, 4.69) is 24.6 Å². The minimum atomic E-state index is -1.02. The summed E-state index contributed by atoms with van der Waals surface area (Å²) in [5.74, 6) is -0.754. The fraction of sp³-hybridized carbons (Fsp3) is 0.481. The van der Waals surface area contributed by atoms with Gasteiger partial charge in [0, 0.05) is 11.6 Å². The fourth-order valence-electron chi connectivity index (χ4n) is 3.91. The van der Waals surface area contributed by atoms with E-state index in [1.54, 1.807) is 17.8 Å². The van der Waals surface area contributed by atoms with Crippen molar-refractivity contribution in [1.82, 2.24) is 10.8 Å². The normalized spacial score (nSPS) is 12.0. The Morgan fingerprint density at radius 1 is 1.03 bits per heavy atom. The second kappa shape index (κ2) is 14.8. The summed E-state index contributed by atoms with van der Waals surface area (Å²) >= 11 is 1.56. The summed E-state index contributed by atoms with van der Waals surface area (Å²) in [5, 5.41) is 12.2. The van der Waals surface area contributed by atoms with E-state index in [-0.39, 0.29) is 5.91 Å². The van der Waals surface area contributed by atoms with Gasteiger partial charge in [-0.3, -0.25) is 9.63 Å². The maximum absolute atomic E-state index is 13.2. The van der Waals surface area contributed by atoms with E-state index < -0.39 is 12.0 Å². The van der Waals surface area contributed by atoms with Crippen LogP contribution < -0.4 is 10.8 Å². The highest BCUT2D eigenvalue weighted by Crippen LogP contribution is 2.28. The molecular formula is C27H38N2O4S. The fourth-order valence-corrected chi connectivity index (χ4v) is 4.38. The van der Waals surface area contributed by atoms with E-state index in [0.29, 0.717) is 30.4 Å². The number of hydroxylamine groups is 1. The first-order valence-corrected chi connectivity index (χ1v) is 13.4. The summed E-state index contributed by atoms with van der Waals surface area (Å²) in [7, 11) is 0. The molecule has 1 amide bonds. The first-order valence-electron chi connectivity index (χ1n) is 12.0. The summed E-state index contributed by atoms with van der Waals surface area (Å²) in [6, 6.07) is 12.9. The molecule has 0 bridgehead atoms. The summed E-state index contributed by atoms with van der Waals surface area (Å²) in [4.78, 5) is 30.6. The van der Waals surface area contributed by atoms with Crippen LogP contribution in [0.15, 0.2) is 42.5 Å². The smallest absolute Gasteiger partial charge is 0.326 e. The predicted molar refractivity (Wildman–Crippen MR) is 140 cm³/mol. The van der Waals surface area contributed by atoms with E-state index >= 15 is 0 Å². The van der Waals surface area contributed by atoms with Gasteiger partial charge in [0.1, 0.15) is 6.04 Å². The Morgan fingerprint density at radius 2 is 1.74 bits per heavy atom. The van der Waals surface area contributed by atoms with Gasteiger partial charge in [-0.15, -0.1) is 0 Å². The van der Waals surface area contributed by atoms with Crippen molar-refractivity contribution in [3.05, 3.63) is 59.2 Å². The standard InChI is InChI=1S/C27H38N2O4S/c1-5-9-21(10-6-2)29-33-18-20-13-14-23(24(17-20)22-12-8-7-11-19(22)3)26(30)28-25(27(31)32)15-16-34-4/h7-8,11-14,17,21,25,29H,5-6,9-10,15-16,18H2,1-4H3,(H,28,30)(H,31,32)/t25-/m0/s1. The Kier molecular flexibility index (Phi) is 12.2. The Balaban J connectivity index is 2.28. The van der Waals surface area contributed by atoms with Crippen LogP contribution in [0.5, 0.6) is 0 Å². The first kappa shape index (κ1) is 27.9. The Bertz CT molecular complexity index is 929. The third-order valence-electron chi connectivity index (χ3n) is 5.74. The number of aliphatic carboxylic acids is 1. The van der Waals surface area contributed by atoms with Crippen LogP contribution in [0.4, 0.5) is 0 Å². The average Bonchev–Trinajstić information content (AvgIpc) is 2.82. The largest absolute Gasteiger partial charge is 0.480 e. The van der Waals surface area contributed by atoms with E-state index in [9.17, 15) is 14.7 Å². The molecule has 0 aliphatic carbocycles. The number of aryl methyl sites for hydroxylation is 1. The third-order valence-corrected chi connectivity index (χ3v) is 6.38. The molecule has 7 heteroatoms. The monoisotopic (exact) mass is 486 g/mol. The quantitative estimate of drug-likeness (QED) is 0.285. The minimum Gasteiger partial charge on any atom is -0.480 e. The summed E-state index contributed by atoms with van der Waals surface area (Å²) in [6.45, 7) is 6.70. The number of carbonyl (C=O) groups excluding carboxylic acids is 1. The summed E-state index contributed by atoms with van der Waals surface area (Å²) in [5.41, 5.74) is 7.32. The summed E-state index contributed by atoms with van der Waals surface area (Å²) in [6.07, 6.45) is 6.59. The van der Waals surface area contributed by atoms with Gasteiger partial charge in [0.25, 0.3) is 5.91 Å². The highest BCUT2D eigenvalue weighted by molar-refractivity contribution is 7.98. The SMILES string of the molecule is CCCC(CCC)NOCc1ccc(C(=O)N[C@@H](CCSC)C(=O)O)c(-c2ccccc2C)c1. The van der Waals surface area contributed by atoms with Crippen LogP contribution in [0.3, 0.4) is 0 Å². The second-order valence-corrected chi connectivity index (χ2v) is 9.51. The van der Waals surface area contributed by atoms with Gasteiger partial charge in [0.2, 0.25) is 0 Å². The van der Waals surface area contributed by atoms with Crippen LogP contribution in [-0.4, -0.2) is 41.1 Å². The van der Waals surface area contributed by atoms with Crippen molar-refractivity contribution < 1.29 is 19.5 Å². The Morgan fingerprint density at radius 3 is 2.35 bits per heavy atom. The van der Waals surface area contributed by atoms with Gasteiger partial charge in [-0.1, -0.05) is 57.0 Å². The zero-order valence-corrected chi connectivity index (χ0v) is 21.5. The molecule has 0 unspecified atom stereocenters. The topological polar surface area (TPSA) is 87.7 Å². The molecule has 0 aliphatic rings. The van der Waals surface area contributed by atoms with Crippen molar-refractivity contribution in [2.45, 2.75) is 71.6 Å². The number of benzene rings is 2. The van der Waals surface area contributed by atoms with Crippen LogP contribution >= 0.6 is 11.8 Å². The highest BCUT2D eigenvalue weighted by Gasteiger charge is 2.22. The van der Waals surface area contributed by atoms with Crippen LogP contribution in [0.2, 0.25) is 0 Å². The van der Waals surface area contributed by atoms with Crippen molar-refractivity contribution in [3.63, 3.8) is 0 Å². The van der Waals surface area contributed by atoms with E-state index in [1.807, 2.05) is 49.6 Å². The lowest BCUT2D eigenvalue weighted by Crippen LogP contribution is -2.41. The number of carbonyl (C=O) groups is 2. The number of nitrogens with one attached hydrogen (secondary N) is 2. The van der Waals surface area contributed by atoms with Gasteiger partial charge < -0.3 is 10.4 Å². The van der Waals surface area contributed by atoms with E-state index in [4.69, 9.17) is 4.84 Å². The molecule has 1 atom stereocenters. The van der Waals surface area contributed by atoms with Crippen LogP contribution in [0.1, 0.15) is 67.4 Å². The van der Waals surface area contributed by atoms with Crippen molar-refractivity contribution in [3.8, 4) is 11.1 Å². The number of hydrogen-bond acceptors (Lipinski definition) is 5. The lowest BCUT2D eigenvalue weighted by Gasteiger charge is -2.19. The molecule has 2 rings (SSSR count). The maximum atomic E-state index is 13.2. The molecule has 6 nitrogen and oxygen atoms in total. The zero-order chi connectivity index (χ0) is 24.9. The van der Waals surface area contributed by atoms with Crippen molar-refractivity contribution in [1.29, 1.82) is 0 Å². The summed E-state index contributed by atoms with van der Waals surface area (Å²) < 4.78 is 0. The van der Waals surface area contributed by atoms with Gasteiger partial charge in [0.05, 0.1) is 6.61 Å². The Labute approximate surface area is 207 Å². The molecule has 3 N–H and O–H groups in total. The number of hydrogen-bond donors (Lipinski definition) is 3. The minimum absolute atomic E-state index is 0.324. The number of rotatable bonds is 15. The number of carboxylic acid groups (broad SMARTS) is 1. The maximum Gasteiger partial charge on any atom is 0.326 e. The molecule has 0 spiro atoms. The molecule has 0 aliphatic heterocycles. The zero-order valence-electron chi connectivity index (χ0n) is 20.7. The highest BCUT2D eigenvalue weighted by atomic mass is 32.2. The van der Waals surface area contributed by atoms with Crippen molar-refractivity contribution >= 4 is 23.6 Å². The molecule has 2 aromatic carbocycles. The van der Waals surface area contributed by atoms with Crippen LogP contribution in [0.25, 0.3) is 11.1 Å². The van der Waals surface area contributed by atoms with Gasteiger partial charge in [0.15, 0.2) is 0 Å². The van der Waals surface area contributed by atoms with Gasteiger partial charge in [-0.25, -0.2) is 4.79 Å². The number of thioether (sulfide) groups is 1. The molecule has 186 valence electrons. The second-order valence-electron chi connectivity index (χ2n) is 8.52. The number of amides is 1. The third kappa shape index (κ3) is 8.46. The molecule has 0 saturated carbocycles. The molecule has 0 fully saturated rings. The molecular weight excluding hydrogens is 448 g/mol. The molecule has 0 aromatic heterocycles. The van der Waals surface area contributed by atoms with E-state index in [0.717, 1.165) is 47.9 Å². The molecule has 34 heavy (non-hydrogen) atoms. The number of carboxylic acids is 1. The van der Waals surface area contributed by atoms with E-state index in [1.165, 1.54) is 0 Å². The first-order chi connectivity index (χ1) is 16.4. The Hall–Kier alpha value is -2.35. The van der Waals surface area contributed by atoms with Gasteiger partial charge in [-0.05, 0) is 72.6 Å². The molecule has 0 heterocycles. The average molecular weight is 487 g/mol. The van der Waals surface area contributed by atoms with Gasteiger partial charge in [-0.2, -0.15) is 17.2 Å². The molecule has 2 aromatic rings. The lowest BCUT2D eigenvalue weighted by molar-refractivity contribution is -0.139.